The Kier molecular flexibility index (Phi) is 16.1. The number of rotatable bonds is 8. The zero-order valence-corrected chi connectivity index (χ0v) is 17.3. The number of hydrogen-bond acceptors (Lipinski definition) is 14. The molecule has 0 saturated carbocycles. The predicted molar refractivity (Wildman–Crippen MR) is 46.8 cm³/mol. The van der Waals surface area contributed by atoms with E-state index >= 15 is 0 Å². The zero-order chi connectivity index (χ0) is 17.3. The monoisotopic (exact) mass is 531 g/mol. The molecule has 24 heavy (non-hydrogen) atoms. The van der Waals surface area contributed by atoms with Crippen molar-refractivity contribution in [1.82, 2.24) is 0 Å². The van der Waals surface area contributed by atoms with Gasteiger partial charge in [-0.3, -0.25) is 18.0 Å². The molecule has 139 valence electrons. The second-order valence-corrected chi connectivity index (χ2v) is 9.78. The van der Waals surface area contributed by atoms with Crippen LogP contribution in [-0.4, -0.2) is 9.79 Å². The van der Waals surface area contributed by atoms with Crippen LogP contribution in [0.2, 0.25) is 0 Å². The minimum absolute atomic E-state index is 0. The molecule has 0 spiro atoms. The van der Waals surface area contributed by atoms with Crippen molar-refractivity contribution in [1.29, 1.82) is 0 Å². The van der Waals surface area contributed by atoms with E-state index in [0.29, 0.717) is 0 Å². The van der Waals surface area contributed by atoms with E-state index in [9.17, 15) is 47.3 Å². The standard InChI is InChI=1S/Fe.Li.Mn.H7O16P5/c;;;1-17(2,3)13-19(7,8)15-21(11,12)16-20(9,10)14-18(4,5)6/h;;;(H,7,8)(H,9,10)(H,11,12)(H2,1,2,3)(H2,4,5,6)/q+2;+1;+2;/p-5. The van der Waals surface area contributed by atoms with Crippen molar-refractivity contribution in [2.75, 3.05) is 0 Å². The minimum Gasteiger partial charge on any atom is -0.790 e. The van der Waals surface area contributed by atoms with E-state index in [4.69, 9.17) is 9.79 Å². The largest absolute Gasteiger partial charge is 2.00 e. The van der Waals surface area contributed by atoms with Crippen molar-refractivity contribution < 1.29 is 127 Å². The van der Waals surface area contributed by atoms with E-state index < -0.39 is 39.1 Å². The Hall–Kier alpha value is 2.35. The normalized spacial score (nSPS) is 19.3. The fraction of sp³-hybridized carbons (Fsp3) is 0. The third kappa shape index (κ3) is 19.1. The first-order chi connectivity index (χ1) is 8.83. The number of phosphoric acid groups is 5. The van der Waals surface area contributed by atoms with Gasteiger partial charge in [-0.15, -0.1) is 0 Å². The Labute approximate surface area is 166 Å². The third-order valence-corrected chi connectivity index (χ3v) is 7.26. The SMILES string of the molecule is O=P([O-])([O-])OP(=O)([O-])OP(=O)([O-])OP(=O)([O-])OP(=O)(O)O.[Fe+2].[Li+].[Mn+2]. The van der Waals surface area contributed by atoms with Crippen LogP contribution in [0.5, 0.6) is 0 Å². The summed E-state index contributed by atoms with van der Waals surface area (Å²) in [5.41, 5.74) is 0. The Morgan fingerprint density at radius 3 is 1.12 bits per heavy atom. The Bertz CT molecular complexity index is 564. The molecular formula is H2FeLiMnO16P5. The molecule has 0 aliphatic rings. The van der Waals surface area contributed by atoms with Crippen molar-refractivity contribution in [3.63, 3.8) is 0 Å². The van der Waals surface area contributed by atoms with Gasteiger partial charge in [0, 0.05) is 0 Å². The maximum Gasteiger partial charge on any atom is 2.00 e. The molecule has 0 amide bonds. The molecule has 0 heterocycles. The van der Waals surface area contributed by atoms with Gasteiger partial charge in [0.15, 0.2) is 0 Å². The van der Waals surface area contributed by atoms with Crippen LogP contribution in [0, 0.1) is 0 Å². The molecule has 3 unspecified atom stereocenters. The maximum atomic E-state index is 10.8. The second kappa shape index (κ2) is 11.4. The molecule has 0 bridgehead atoms. The van der Waals surface area contributed by atoms with Crippen LogP contribution in [0.1, 0.15) is 0 Å². The fourth-order valence-electron chi connectivity index (χ4n) is 0.542. The Balaban J connectivity index is -0.000000667. The molecule has 0 aliphatic heterocycles. The van der Waals surface area contributed by atoms with Crippen LogP contribution in [0.15, 0.2) is 0 Å². The van der Waals surface area contributed by atoms with Gasteiger partial charge >= 0.3 is 60.8 Å². The summed E-state index contributed by atoms with van der Waals surface area (Å²) in [5, 5.41) is 0. The zero-order valence-electron chi connectivity index (χ0n) is 10.6. The molecule has 0 fully saturated rings. The topological polar surface area (TPSA) is 278 Å². The van der Waals surface area contributed by atoms with Gasteiger partial charge < -0.3 is 38.8 Å². The molecule has 16 nitrogen and oxygen atoms in total. The van der Waals surface area contributed by atoms with Gasteiger partial charge in [-0.1, -0.05) is 0 Å². The van der Waals surface area contributed by atoms with E-state index in [2.05, 4.69) is 17.2 Å². The van der Waals surface area contributed by atoms with Gasteiger partial charge in [0.1, 0.15) is 0 Å². The summed E-state index contributed by atoms with van der Waals surface area (Å²) in [6.45, 7) is 0. The molecule has 0 saturated heterocycles. The molecule has 0 aromatic carbocycles. The molecule has 3 atom stereocenters. The summed E-state index contributed by atoms with van der Waals surface area (Å²) in [4.78, 5) is 68.0. The fourth-order valence-corrected chi connectivity index (χ4v) is 5.69. The summed E-state index contributed by atoms with van der Waals surface area (Å²) in [6, 6.07) is 0. The Morgan fingerprint density at radius 2 is 0.875 bits per heavy atom. The summed E-state index contributed by atoms with van der Waals surface area (Å²) in [7, 11) is -31.3. The molecule has 0 rings (SSSR count). The molecule has 24 heteroatoms. The Morgan fingerprint density at radius 1 is 0.625 bits per heavy atom. The van der Waals surface area contributed by atoms with Gasteiger partial charge in [0.2, 0.25) is 0 Å². The number of hydrogen-bond donors (Lipinski definition) is 2. The maximum absolute atomic E-state index is 10.8. The van der Waals surface area contributed by atoms with E-state index in [-0.39, 0.29) is 53.0 Å². The average Bonchev–Trinajstić information content (AvgIpc) is 1.83. The van der Waals surface area contributed by atoms with Gasteiger partial charge in [-0.05, 0) is 0 Å². The predicted octanol–water partition coefficient (Wildman–Crippen LogP) is -6.62. The van der Waals surface area contributed by atoms with Gasteiger partial charge in [-0.25, -0.2) is 17.5 Å². The van der Waals surface area contributed by atoms with E-state index in [1.807, 2.05) is 0 Å². The van der Waals surface area contributed by atoms with Crippen molar-refractivity contribution in [3.05, 3.63) is 0 Å². The smallest absolute Gasteiger partial charge is 0.790 e. The molecule has 0 aliphatic carbocycles. The van der Waals surface area contributed by atoms with Crippen LogP contribution in [-0.2, 0) is 74.2 Å². The quantitative estimate of drug-likeness (QED) is 0.218. The van der Waals surface area contributed by atoms with E-state index in [0.717, 1.165) is 0 Å². The average molecular weight is 531 g/mol. The second-order valence-electron chi connectivity index (χ2n) is 2.61. The van der Waals surface area contributed by atoms with Crippen molar-refractivity contribution in [3.8, 4) is 0 Å². The summed E-state index contributed by atoms with van der Waals surface area (Å²) in [5.74, 6) is 0. The van der Waals surface area contributed by atoms with E-state index in [1.165, 1.54) is 0 Å². The molecule has 0 aromatic heterocycles. The summed E-state index contributed by atoms with van der Waals surface area (Å²) >= 11 is 0. The van der Waals surface area contributed by atoms with Gasteiger partial charge in [0.05, 0.1) is 7.82 Å². The first kappa shape index (κ1) is 33.9. The van der Waals surface area contributed by atoms with Crippen LogP contribution in [0.3, 0.4) is 0 Å². The van der Waals surface area contributed by atoms with Gasteiger partial charge in [0.25, 0.3) is 23.5 Å². The summed E-state index contributed by atoms with van der Waals surface area (Å²) in [6.07, 6.45) is 0. The summed E-state index contributed by atoms with van der Waals surface area (Å²) < 4.78 is 63.3. The molecule has 1 radical (unpaired) electrons. The molecule has 2 N–H and O–H groups in total. The van der Waals surface area contributed by atoms with E-state index in [1.54, 1.807) is 0 Å². The van der Waals surface area contributed by atoms with Crippen LogP contribution in [0.4, 0.5) is 0 Å². The first-order valence-corrected chi connectivity index (χ1v) is 11.1. The van der Waals surface area contributed by atoms with Crippen LogP contribution in [0.25, 0.3) is 0 Å². The third-order valence-electron chi connectivity index (χ3n) is 0.806. The van der Waals surface area contributed by atoms with Crippen LogP contribution < -0.4 is 43.3 Å². The van der Waals surface area contributed by atoms with Crippen molar-refractivity contribution in [2.45, 2.75) is 0 Å². The van der Waals surface area contributed by atoms with Crippen LogP contribution >= 0.6 is 39.1 Å². The van der Waals surface area contributed by atoms with Crippen molar-refractivity contribution in [2.24, 2.45) is 0 Å². The van der Waals surface area contributed by atoms with Gasteiger partial charge in [-0.2, -0.15) is 0 Å². The molecular weight excluding hydrogens is 529 g/mol. The molecule has 0 aromatic rings. The minimum atomic E-state index is -6.50. The van der Waals surface area contributed by atoms with Crippen molar-refractivity contribution >= 4 is 39.1 Å². The first-order valence-electron chi connectivity index (χ1n) is 3.69.